The molecule has 0 aliphatic carbocycles. The van der Waals surface area contributed by atoms with Crippen molar-refractivity contribution in [1.29, 1.82) is 0 Å². The highest BCUT2D eigenvalue weighted by molar-refractivity contribution is 7.19. The van der Waals surface area contributed by atoms with Crippen molar-refractivity contribution in [1.82, 2.24) is 4.90 Å². The molecule has 0 bridgehead atoms. The highest BCUT2D eigenvalue weighted by atomic mass is 32.1. The fraction of sp³-hybridized carbons (Fsp3) is 0.429. The van der Waals surface area contributed by atoms with E-state index in [1.54, 1.807) is 0 Å². The molecule has 1 saturated heterocycles. The van der Waals surface area contributed by atoms with Crippen LogP contribution in [0.4, 0.5) is 5.69 Å². The summed E-state index contributed by atoms with van der Waals surface area (Å²) in [6, 6.07) is 15.7. The molecule has 0 saturated carbocycles. The summed E-state index contributed by atoms with van der Waals surface area (Å²) in [5.41, 5.74) is 4.79. The second-order valence-electron chi connectivity index (χ2n) is 9.78. The van der Waals surface area contributed by atoms with E-state index in [0.29, 0.717) is 25.1 Å². The Labute approximate surface area is 200 Å². The van der Waals surface area contributed by atoms with E-state index in [1.165, 1.54) is 26.1 Å². The Bertz CT molecular complexity index is 1170. The molecule has 3 heterocycles. The molecule has 1 aromatic heterocycles. The van der Waals surface area contributed by atoms with Gasteiger partial charge in [-0.15, -0.1) is 11.3 Å². The van der Waals surface area contributed by atoms with Crippen LogP contribution in [-0.4, -0.2) is 48.4 Å². The van der Waals surface area contributed by atoms with Gasteiger partial charge in [-0.2, -0.15) is 0 Å². The lowest BCUT2D eigenvalue weighted by Crippen LogP contribution is -2.45. The molecule has 5 heteroatoms. The van der Waals surface area contributed by atoms with Crippen LogP contribution in [0.2, 0.25) is 0 Å². The summed E-state index contributed by atoms with van der Waals surface area (Å²) in [5.74, 6) is 1.45. The van der Waals surface area contributed by atoms with Gasteiger partial charge in [0, 0.05) is 40.0 Å². The topological polar surface area (TPSA) is 44.7 Å². The third-order valence-corrected chi connectivity index (χ3v) is 8.26. The van der Waals surface area contributed by atoms with Crippen molar-refractivity contribution in [3.8, 4) is 5.75 Å². The smallest absolute Gasteiger partial charge is 0.128 e. The summed E-state index contributed by atoms with van der Waals surface area (Å²) in [6.07, 6.45) is 3.96. The predicted octanol–water partition coefficient (Wildman–Crippen LogP) is 6.05. The third-order valence-electron chi connectivity index (χ3n) is 7.00. The summed E-state index contributed by atoms with van der Waals surface area (Å²) < 4.78 is 7.46. The maximum atomic E-state index is 10.7. The molecule has 2 N–H and O–H groups in total. The number of anilines is 1. The van der Waals surface area contributed by atoms with Crippen LogP contribution in [0.3, 0.4) is 0 Å². The minimum atomic E-state index is -0.506. The highest BCUT2D eigenvalue weighted by Crippen LogP contribution is 2.38. The van der Waals surface area contributed by atoms with Gasteiger partial charge >= 0.3 is 0 Å². The van der Waals surface area contributed by atoms with E-state index >= 15 is 0 Å². The summed E-state index contributed by atoms with van der Waals surface area (Å²) in [5, 5.41) is 15.5. The van der Waals surface area contributed by atoms with Gasteiger partial charge in [0.2, 0.25) is 0 Å². The Morgan fingerprint density at radius 3 is 2.94 bits per heavy atom. The van der Waals surface area contributed by atoms with Gasteiger partial charge in [0.1, 0.15) is 18.5 Å². The first-order chi connectivity index (χ1) is 16.0. The fourth-order valence-electron chi connectivity index (χ4n) is 5.12. The largest absolute Gasteiger partial charge is 0.490 e. The number of ether oxygens (including phenoxy) is 1. The Morgan fingerprint density at radius 1 is 1.21 bits per heavy atom. The van der Waals surface area contributed by atoms with E-state index in [0.717, 1.165) is 42.9 Å². The summed E-state index contributed by atoms with van der Waals surface area (Å²) in [7, 11) is 0. The van der Waals surface area contributed by atoms with Crippen molar-refractivity contribution in [3.63, 3.8) is 0 Å². The SMILES string of the molecule is CC1=Cc2c(cccc2OCC(O)CN2CCC(c3cc4ccc(C)cc4s3)C[C@@H]2C)NC1. The molecule has 2 unspecified atom stereocenters. The summed E-state index contributed by atoms with van der Waals surface area (Å²) >= 11 is 1.95. The van der Waals surface area contributed by atoms with E-state index in [4.69, 9.17) is 4.74 Å². The van der Waals surface area contributed by atoms with Crippen molar-refractivity contribution in [2.45, 2.75) is 51.7 Å². The number of aryl methyl sites for hydroxylation is 1. The lowest BCUT2D eigenvalue weighted by atomic mass is 9.90. The lowest BCUT2D eigenvalue weighted by Gasteiger charge is -2.38. The normalized spacial score (nSPS) is 21.9. The maximum Gasteiger partial charge on any atom is 0.128 e. The monoisotopic (exact) mass is 462 g/mol. The minimum absolute atomic E-state index is 0.311. The standard InChI is InChI=1S/C28H34N2O2S/c1-18-7-8-21-14-28(33-27(21)12-18)22-9-10-30(20(3)13-22)16-23(31)17-32-26-6-4-5-25-24(26)11-19(2)15-29-25/h4-8,11-12,14,20,22-23,29,31H,9-10,13,15-17H2,1-3H3/t20-,22?,23?/m0/s1. The van der Waals surface area contributed by atoms with Crippen LogP contribution in [0.5, 0.6) is 5.75 Å². The van der Waals surface area contributed by atoms with Crippen LogP contribution < -0.4 is 10.1 Å². The molecule has 0 amide bonds. The zero-order valence-electron chi connectivity index (χ0n) is 19.8. The number of nitrogens with one attached hydrogen (secondary N) is 1. The van der Waals surface area contributed by atoms with Gasteiger partial charge in [-0.1, -0.05) is 23.8 Å². The highest BCUT2D eigenvalue weighted by Gasteiger charge is 2.29. The fourth-order valence-corrected chi connectivity index (χ4v) is 6.44. The second-order valence-corrected chi connectivity index (χ2v) is 10.9. The number of β-amino-alcohol motifs (C(OH)–C–C–N with tert-alkyl or cyclic N) is 1. The molecule has 2 aliphatic rings. The number of rotatable bonds is 6. The Hall–Kier alpha value is -2.34. The summed E-state index contributed by atoms with van der Waals surface area (Å²) in [6.45, 7) is 9.43. The van der Waals surface area contributed by atoms with Gasteiger partial charge in [0.15, 0.2) is 0 Å². The maximum absolute atomic E-state index is 10.7. The first-order valence-corrected chi connectivity index (χ1v) is 12.9. The van der Waals surface area contributed by atoms with Gasteiger partial charge in [0.25, 0.3) is 0 Å². The number of hydrogen-bond donors (Lipinski definition) is 2. The molecule has 1 fully saturated rings. The van der Waals surface area contributed by atoms with Crippen LogP contribution in [0, 0.1) is 6.92 Å². The number of benzene rings is 2. The van der Waals surface area contributed by atoms with Crippen molar-refractivity contribution in [2.75, 3.05) is 31.6 Å². The molecule has 0 spiro atoms. The van der Waals surface area contributed by atoms with E-state index in [1.807, 2.05) is 23.5 Å². The van der Waals surface area contributed by atoms with Crippen LogP contribution in [0.15, 0.2) is 48.0 Å². The predicted molar refractivity (Wildman–Crippen MR) is 140 cm³/mol. The zero-order valence-corrected chi connectivity index (χ0v) is 20.6. The number of aliphatic hydroxyl groups excluding tert-OH is 1. The number of fused-ring (bicyclic) bond motifs is 2. The van der Waals surface area contributed by atoms with Gasteiger partial charge in [-0.05, 0) is 87.4 Å². The first-order valence-electron chi connectivity index (χ1n) is 12.1. The Balaban J connectivity index is 1.17. The number of thiophene rings is 1. The van der Waals surface area contributed by atoms with Gasteiger partial charge < -0.3 is 15.2 Å². The zero-order chi connectivity index (χ0) is 22.9. The van der Waals surface area contributed by atoms with Crippen LogP contribution in [0.25, 0.3) is 16.2 Å². The van der Waals surface area contributed by atoms with E-state index in [9.17, 15) is 5.11 Å². The minimum Gasteiger partial charge on any atom is -0.490 e. The quantitative estimate of drug-likeness (QED) is 0.468. The van der Waals surface area contributed by atoms with Crippen LogP contribution in [-0.2, 0) is 0 Å². The molecule has 174 valence electrons. The van der Waals surface area contributed by atoms with Crippen LogP contribution in [0.1, 0.15) is 48.6 Å². The molecule has 33 heavy (non-hydrogen) atoms. The van der Waals surface area contributed by atoms with E-state index < -0.39 is 6.10 Å². The number of likely N-dealkylation sites (tertiary alicyclic amines) is 1. The van der Waals surface area contributed by atoms with E-state index in [2.05, 4.69) is 67.4 Å². The molecule has 3 atom stereocenters. The number of hydrogen-bond acceptors (Lipinski definition) is 5. The molecular weight excluding hydrogens is 428 g/mol. The van der Waals surface area contributed by atoms with Crippen molar-refractivity contribution >= 4 is 33.2 Å². The van der Waals surface area contributed by atoms with Gasteiger partial charge in [0.05, 0.1) is 0 Å². The summed E-state index contributed by atoms with van der Waals surface area (Å²) in [4.78, 5) is 3.94. The van der Waals surface area contributed by atoms with Gasteiger partial charge in [-0.3, -0.25) is 4.90 Å². The van der Waals surface area contributed by atoms with Crippen molar-refractivity contribution in [3.05, 3.63) is 64.0 Å². The molecule has 3 aromatic rings. The van der Waals surface area contributed by atoms with E-state index in [-0.39, 0.29) is 0 Å². The van der Waals surface area contributed by atoms with Crippen LogP contribution >= 0.6 is 11.3 Å². The molecule has 4 nitrogen and oxygen atoms in total. The van der Waals surface area contributed by atoms with Crippen molar-refractivity contribution < 1.29 is 9.84 Å². The second kappa shape index (κ2) is 9.49. The molecule has 0 radical (unpaired) electrons. The third kappa shape index (κ3) is 4.96. The molecular formula is C28H34N2O2S. The number of aliphatic hydroxyl groups is 1. The average Bonchev–Trinajstić information content (AvgIpc) is 3.22. The van der Waals surface area contributed by atoms with Crippen molar-refractivity contribution in [2.24, 2.45) is 0 Å². The number of piperidine rings is 1. The molecule has 2 aliphatic heterocycles. The number of nitrogens with zero attached hydrogens (tertiary/aromatic N) is 1. The Morgan fingerprint density at radius 2 is 2.09 bits per heavy atom. The lowest BCUT2D eigenvalue weighted by molar-refractivity contribution is 0.0404. The first kappa shape index (κ1) is 22.5. The molecule has 5 rings (SSSR count). The molecule has 2 aromatic carbocycles. The Kier molecular flexibility index (Phi) is 6.46. The van der Waals surface area contributed by atoms with Gasteiger partial charge in [-0.25, -0.2) is 0 Å². The average molecular weight is 463 g/mol.